The van der Waals surface area contributed by atoms with E-state index in [9.17, 15) is 14.7 Å². The van der Waals surface area contributed by atoms with Crippen molar-refractivity contribution in [2.45, 2.75) is 52.3 Å². The number of aliphatic hydroxyl groups excluding tert-OH is 1. The highest BCUT2D eigenvalue weighted by Crippen LogP contribution is 2.09. The van der Waals surface area contributed by atoms with E-state index in [0.717, 1.165) is 6.42 Å². The standard InChI is InChI=1S/C12H24N2O4/c1-7(2)6-8(3)14(5)12(18)13-10(9(4)15)11(16)17/h7-10,15H,6H2,1-5H3,(H,13,18)(H,16,17)/t8?,9-,10+/m1/s1. The van der Waals surface area contributed by atoms with Crippen LogP contribution >= 0.6 is 0 Å². The Hall–Kier alpha value is -1.30. The molecule has 18 heavy (non-hydrogen) atoms. The topological polar surface area (TPSA) is 89.9 Å². The Bertz CT molecular complexity index is 292. The molecule has 0 aliphatic rings. The molecule has 0 aromatic carbocycles. The molecule has 0 spiro atoms. The summed E-state index contributed by atoms with van der Waals surface area (Å²) in [5, 5.41) is 20.5. The van der Waals surface area contributed by atoms with Crippen LogP contribution in [0.15, 0.2) is 0 Å². The van der Waals surface area contributed by atoms with Crippen LogP contribution in [0.25, 0.3) is 0 Å². The summed E-state index contributed by atoms with van der Waals surface area (Å²) >= 11 is 0. The molecule has 0 aliphatic heterocycles. The third-order valence-corrected chi connectivity index (χ3v) is 2.82. The Morgan fingerprint density at radius 3 is 2.06 bits per heavy atom. The molecule has 6 nitrogen and oxygen atoms in total. The number of aliphatic carboxylic acids is 1. The fourth-order valence-corrected chi connectivity index (χ4v) is 1.66. The molecule has 0 aliphatic carbocycles. The number of carbonyl (C=O) groups excluding carboxylic acids is 1. The Balaban J connectivity index is 4.50. The normalized spacial score (nSPS) is 15.9. The Morgan fingerprint density at radius 2 is 1.72 bits per heavy atom. The van der Waals surface area contributed by atoms with E-state index in [-0.39, 0.29) is 6.04 Å². The lowest BCUT2D eigenvalue weighted by Gasteiger charge is -2.28. The van der Waals surface area contributed by atoms with Crippen LogP contribution in [0.2, 0.25) is 0 Å². The van der Waals surface area contributed by atoms with Crippen molar-refractivity contribution in [3.05, 3.63) is 0 Å². The van der Waals surface area contributed by atoms with Crippen molar-refractivity contribution in [3.8, 4) is 0 Å². The van der Waals surface area contributed by atoms with Crippen LogP contribution in [0.3, 0.4) is 0 Å². The lowest BCUT2D eigenvalue weighted by Crippen LogP contribution is -2.53. The van der Waals surface area contributed by atoms with Gasteiger partial charge in [0.15, 0.2) is 6.04 Å². The summed E-state index contributed by atoms with van der Waals surface area (Å²) in [6.07, 6.45) is -0.309. The van der Waals surface area contributed by atoms with Crippen molar-refractivity contribution in [2.75, 3.05) is 7.05 Å². The van der Waals surface area contributed by atoms with Gasteiger partial charge in [-0.1, -0.05) is 13.8 Å². The van der Waals surface area contributed by atoms with Crippen LogP contribution in [-0.4, -0.2) is 52.3 Å². The van der Waals surface area contributed by atoms with Crippen molar-refractivity contribution >= 4 is 12.0 Å². The van der Waals surface area contributed by atoms with Gasteiger partial charge in [0.1, 0.15) is 0 Å². The number of aliphatic hydroxyl groups is 1. The fraction of sp³-hybridized carbons (Fsp3) is 0.833. The molecule has 0 aromatic heterocycles. The second-order valence-electron chi connectivity index (χ2n) is 5.10. The lowest BCUT2D eigenvalue weighted by molar-refractivity contribution is -0.141. The molecule has 0 bridgehead atoms. The molecule has 2 amide bonds. The van der Waals surface area contributed by atoms with E-state index < -0.39 is 24.1 Å². The third-order valence-electron chi connectivity index (χ3n) is 2.82. The average Bonchev–Trinajstić information content (AvgIpc) is 2.22. The molecule has 3 N–H and O–H groups in total. The first-order valence-corrected chi connectivity index (χ1v) is 6.11. The number of nitrogens with one attached hydrogen (secondary N) is 1. The zero-order chi connectivity index (χ0) is 14.5. The molecule has 0 radical (unpaired) electrons. The Morgan fingerprint density at radius 1 is 1.22 bits per heavy atom. The molecule has 106 valence electrons. The van der Waals surface area contributed by atoms with E-state index in [1.807, 2.05) is 6.92 Å². The number of carbonyl (C=O) groups is 2. The smallest absolute Gasteiger partial charge is 0.328 e. The highest BCUT2D eigenvalue weighted by molar-refractivity contribution is 5.83. The molecule has 3 atom stereocenters. The number of amides is 2. The maximum absolute atomic E-state index is 11.8. The predicted molar refractivity (Wildman–Crippen MR) is 68.3 cm³/mol. The predicted octanol–water partition coefficient (Wildman–Crippen LogP) is 0.896. The molecule has 0 saturated heterocycles. The molecule has 0 rings (SSSR count). The number of urea groups is 1. The number of hydrogen-bond acceptors (Lipinski definition) is 3. The molecule has 0 aromatic rings. The van der Waals surface area contributed by atoms with Gasteiger partial charge in [-0.05, 0) is 26.2 Å². The van der Waals surface area contributed by atoms with E-state index in [4.69, 9.17) is 5.11 Å². The van der Waals surface area contributed by atoms with Crippen LogP contribution in [0.4, 0.5) is 4.79 Å². The lowest BCUT2D eigenvalue weighted by atomic mass is 10.0. The first-order chi connectivity index (χ1) is 8.16. The van der Waals surface area contributed by atoms with Gasteiger partial charge in [-0.2, -0.15) is 0 Å². The van der Waals surface area contributed by atoms with Gasteiger partial charge in [0.05, 0.1) is 6.10 Å². The summed E-state index contributed by atoms with van der Waals surface area (Å²) in [7, 11) is 1.61. The second-order valence-corrected chi connectivity index (χ2v) is 5.10. The highest BCUT2D eigenvalue weighted by Gasteiger charge is 2.27. The number of rotatable bonds is 6. The Labute approximate surface area is 108 Å². The van der Waals surface area contributed by atoms with Crippen LogP contribution in [0.1, 0.15) is 34.1 Å². The fourth-order valence-electron chi connectivity index (χ4n) is 1.66. The van der Waals surface area contributed by atoms with E-state index >= 15 is 0 Å². The van der Waals surface area contributed by atoms with E-state index in [0.29, 0.717) is 5.92 Å². The van der Waals surface area contributed by atoms with E-state index in [1.54, 1.807) is 7.05 Å². The van der Waals surface area contributed by atoms with Crippen LogP contribution < -0.4 is 5.32 Å². The van der Waals surface area contributed by atoms with Gasteiger partial charge in [-0.3, -0.25) is 0 Å². The third kappa shape index (κ3) is 5.35. The van der Waals surface area contributed by atoms with Crippen LogP contribution in [0, 0.1) is 5.92 Å². The summed E-state index contributed by atoms with van der Waals surface area (Å²) in [4.78, 5) is 24.1. The summed E-state index contributed by atoms with van der Waals surface area (Å²) in [5.74, 6) is -0.800. The van der Waals surface area contributed by atoms with Gasteiger partial charge in [-0.25, -0.2) is 9.59 Å². The summed E-state index contributed by atoms with van der Waals surface area (Å²) < 4.78 is 0. The van der Waals surface area contributed by atoms with Crippen molar-refractivity contribution in [2.24, 2.45) is 5.92 Å². The van der Waals surface area contributed by atoms with Gasteiger partial charge < -0.3 is 20.4 Å². The Kier molecular flexibility index (Phi) is 6.68. The maximum atomic E-state index is 11.8. The quantitative estimate of drug-likeness (QED) is 0.661. The number of hydrogen-bond donors (Lipinski definition) is 3. The van der Waals surface area contributed by atoms with Crippen molar-refractivity contribution in [1.82, 2.24) is 10.2 Å². The van der Waals surface area contributed by atoms with Gasteiger partial charge >= 0.3 is 12.0 Å². The molecule has 6 heteroatoms. The van der Waals surface area contributed by atoms with E-state index in [1.165, 1.54) is 11.8 Å². The molecule has 1 unspecified atom stereocenters. The zero-order valence-corrected chi connectivity index (χ0v) is 11.7. The minimum Gasteiger partial charge on any atom is -0.480 e. The highest BCUT2D eigenvalue weighted by atomic mass is 16.4. The SMILES string of the molecule is CC(C)CC(C)N(C)C(=O)N[C@H](C(=O)O)[C@@H](C)O. The minimum atomic E-state index is -1.29. The summed E-state index contributed by atoms with van der Waals surface area (Å²) in [6, 6.07) is -1.77. The molecule has 0 heterocycles. The van der Waals surface area contributed by atoms with Crippen LogP contribution in [0.5, 0.6) is 0 Å². The number of carboxylic acid groups (broad SMARTS) is 1. The zero-order valence-electron chi connectivity index (χ0n) is 11.7. The maximum Gasteiger partial charge on any atom is 0.328 e. The summed E-state index contributed by atoms with van der Waals surface area (Å²) in [6.45, 7) is 7.34. The van der Waals surface area contributed by atoms with Gasteiger partial charge in [0.25, 0.3) is 0 Å². The first kappa shape index (κ1) is 16.7. The average molecular weight is 260 g/mol. The molecular formula is C12H24N2O4. The second kappa shape index (κ2) is 7.20. The van der Waals surface area contributed by atoms with Crippen molar-refractivity contribution in [3.63, 3.8) is 0 Å². The largest absolute Gasteiger partial charge is 0.480 e. The molecule has 0 fully saturated rings. The monoisotopic (exact) mass is 260 g/mol. The molecule has 0 saturated carbocycles. The minimum absolute atomic E-state index is 0.00782. The van der Waals surface area contributed by atoms with Gasteiger partial charge in [0.2, 0.25) is 0 Å². The van der Waals surface area contributed by atoms with Gasteiger partial charge in [-0.15, -0.1) is 0 Å². The number of nitrogens with zero attached hydrogens (tertiary/aromatic N) is 1. The van der Waals surface area contributed by atoms with E-state index in [2.05, 4.69) is 19.2 Å². The van der Waals surface area contributed by atoms with Crippen LogP contribution in [-0.2, 0) is 4.79 Å². The first-order valence-electron chi connectivity index (χ1n) is 6.11. The van der Waals surface area contributed by atoms with Crippen molar-refractivity contribution < 1.29 is 19.8 Å². The summed E-state index contributed by atoms with van der Waals surface area (Å²) in [5.41, 5.74) is 0. The number of carboxylic acids is 1. The van der Waals surface area contributed by atoms with Gasteiger partial charge in [0, 0.05) is 13.1 Å². The molecular weight excluding hydrogens is 236 g/mol. The van der Waals surface area contributed by atoms with Crippen molar-refractivity contribution in [1.29, 1.82) is 0 Å².